The van der Waals surface area contributed by atoms with E-state index in [-0.39, 0.29) is 18.7 Å². The lowest BCUT2D eigenvalue weighted by molar-refractivity contribution is -0.162. The van der Waals surface area contributed by atoms with Crippen molar-refractivity contribution in [2.45, 2.75) is 64.1 Å². The van der Waals surface area contributed by atoms with Crippen LogP contribution in [-0.4, -0.2) is 34.2 Å². The molecule has 1 fully saturated rings. The van der Waals surface area contributed by atoms with Crippen LogP contribution in [0.1, 0.15) is 63.6 Å². The fraction of sp³-hybridized carbons (Fsp3) is 0.407. The number of fused-ring (bicyclic) bond motifs is 1. The summed E-state index contributed by atoms with van der Waals surface area (Å²) in [6.45, 7) is 5.55. The maximum absolute atomic E-state index is 11.9. The van der Waals surface area contributed by atoms with Gasteiger partial charge in [0.15, 0.2) is 0 Å². The number of pyridine rings is 2. The molecule has 170 valence electrons. The van der Waals surface area contributed by atoms with E-state index in [2.05, 4.69) is 23.2 Å². The molecular weight excluding hydrogens is 414 g/mol. The SMILES string of the molecule is CC(C)(C)OC(=O)COC1CCC(c2cc3cccnc3c(-c3cccc(C#N)c3)n2)CC1. The fourth-order valence-electron chi connectivity index (χ4n) is 4.33. The standard InChI is InChI=1S/C27H29N3O3/c1-27(2,3)33-24(31)17-32-22-11-9-19(10-12-22)23-15-21-8-5-13-29-25(21)26(30-23)20-7-4-6-18(14-20)16-28/h4-8,13-15,19,22H,9-12,17H2,1-3H3. The number of benzene rings is 1. The molecule has 0 atom stereocenters. The van der Waals surface area contributed by atoms with Crippen molar-refractivity contribution in [2.24, 2.45) is 0 Å². The minimum atomic E-state index is -0.501. The van der Waals surface area contributed by atoms with Crippen molar-refractivity contribution in [1.82, 2.24) is 9.97 Å². The van der Waals surface area contributed by atoms with Gasteiger partial charge in [-0.25, -0.2) is 4.79 Å². The molecule has 0 bridgehead atoms. The lowest BCUT2D eigenvalue weighted by Gasteiger charge is -2.29. The molecule has 0 unspecified atom stereocenters. The lowest BCUT2D eigenvalue weighted by Crippen LogP contribution is -2.29. The van der Waals surface area contributed by atoms with Crippen LogP contribution in [0.3, 0.4) is 0 Å². The van der Waals surface area contributed by atoms with Gasteiger partial charge in [0, 0.05) is 28.8 Å². The summed E-state index contributed by atoms with van der Waals surface area (Å²) < 4.78 is 11.2. The Labute approximate surface area is 194 Å². The van der Waals surface area contributed by atoms with Crippen molar-refractivity contribution in [2.75, 3.05) is 6.61 Å². The normalized spacial score (nSPS) is 18.6. The monoisotopic (exact) mass is 443 g/mol. The molecule has 6 nitrogen and oxygen atoms in total. The number of nitrogens with zero attached hydrogens (tertiary/aromatic N) is 3. The molecule has 33 heavy (non-hydrogen) atoms. The van der Waals surface area contributed by atoms with Gasteiger partial charge in [0.25, 0.3) is 0 Å². The zero-order chi connectivity index (χ0) is 23.4. The number of rotatable bonds is 5. The molecule has 4 rings (SSSR count). The van der Waals surface area contributed by atoms with Crippen LogP contribution >= 0.6 is 0 Å². The smallest absolute Gasteiger partial charge is 0.332 e. The molecule has 3 aromatic rings. The van der Waals surface area contributed by atoms with Gasteiger partial charge in [-0.3, -0.25) is 9.97 Å². The third-order valence-corrected chi connectivity index (χ3v) is 5.82. The molecule has 1 aliphatic rings. The summed E-state index contributed by atoms with van der Waals surface area (Å²) >= 11 is 0. The summed E-state index contributed by atoms with van der Waals surface area (Å²) in [5.74, 6) is -0.00792. The number of esters is 1. The minimum Gasteiger partial charge on any atom is -0.458 e. The predicted molar refractivity (Wildman–Crippen MR) is 126 cm³/mol. The van der Waals surface area contributed by atoms with Crippen LogP contribution in [0.5, 0.6) is 0 Å². The van der Waals surface area contributed by atoms with Crippen LogP contribution in [0.2, 0.25) is 0 Å². The molecular formula is C27H29N3O3. The quantitative estimate of drug-likeness (QED) is 0.481. The Morgan fingerprint density at radius 2 is 1.91 bits per heavy atom. The predicted octanol–water partition coefficient (Wildman–Crippen LogP) is 5.55. The number of carbonyl (C=O) groups excluding carboxylic acids is 1. The molecule has 0 N–H and O–H groups in total. The van der Waals surface area contributed by atoms with Crippen LogP contribution in [0.15, 0.2) is 48.7 Å². The Kier molecular flexibility index (Phi) is 6.71. The third-order valence-electron chi connectivity index (χ3n) is 5.82. The van der Waals surface area contributed by atoms with Gasteiger partial charge in [-0.2, -0.15) is 5.26 Å². The van der Waals surface area contributed by atoms with Crippen molar-refractivity contribution < 1.29 is 14.3 Å². The zero-order valence-corrected chi connectivity index (χ0v) is 19.4. The van der Waals surface area contributed by atoms with Crippen LogP contribution in [-0.2, 0) is 14.3 Å². The first kappa shape index (κ1) is 22.9. The molecule has 0 aliphatic heterocycles. The van der Waals surface area contributed by atoms with Crippen LogP contribution in [0, 0.1) is 11.3 Å². The van der Waals surface area contributed by atoms with Crippen molar-refractivity contribution in [3.63, 3.8) is 0 Å². The lowest BCUT2D eigenvalue weighted by atomic mass is 9.84. The van der Waals surface area contributed by atoms with E-state index in [0.717, 1.165) is 53.5 Å². The molecule has 2 heterocycles. The van der Waals surface area contributed by atoms with E-state index in [1.54, 1.807) is 12.3 Å². The maximum Gasteiger partial charge on any atom is 0.332 e. The van der Waals surface area contributed by atoms with E-state index >= 15 is 0 Å². The second-order valence-electron chi connectivity index (χ2n) is 9.53. The van der Waals surface area contributed by atoms with Crippen molar-refractivity contribution in [3.8, 4) is 17.3 Å². The fourth-order valence-corrected chi connectivity index (χ4v) is 4.33. The second kappa shape index (κ2) is 9.68. The number of hydrogen-bond donors (Lipinski definition) is 0. The second-order valence-corrected chi connectivity index (χ2v) is 9.53. The highest BCUT2D eigenvalue weighted by molar-refractivity contribution is 5.91. The maximum atomic E-state index is 11.9. The first-order valence-electron chi connectivity index (χ1n) is 11.4. The van der Waals surface area contributed by atoms with Gasteiger partial charge >= 0.3 is 5.97 Å². The number of nitriles is 1. The van der Waals surface area contributed by atoms with Gasteiger partial charge in [-0.1, -0.05) is 18.2 Å². The highest BCUT2D eigenvalue weighted by Gasteiger charge is 2.26. The Bertz CT molecular complexity index is 1190. The molecule has 2 aromatic heterocycles. The summed E-state index contributed by atoms with van der Waals surface area (Å²) in [5.41, 5.74) is 3.69. The molecule has 1 aliphatic carbocycles. The molecule has 1 aromatic carbocycles. The van der Waals surface area contributed by atoms with Crippen molar-refractivity contribution >= 4 is 16.9 Å². The Morgan fingerprint density at radius 1 is 1.12 bits per heavy atom. The summed E-state index contributed by atoms with van der Waals surface area (Å²) in [5, 5.41) is 10.4. The molecule has 1 saturated carbocycles. The number of aromatic nitrogens is 2. The summed E-state index contributed by atoms with van der Waals surface area (Å²) in [4.78, 5) is 21.5. The van der Waals surface area contributed by atoms with Crippen molar-refractivity contribution in [3.05, 3.63) is 59.9 Å². The average molecular weight is 444 g/mol. The average Bonchev–Trinajstić information content (AvgIpc) is 2.81. The molecule has 0 radical (unpaired) electrons. The van der Waals surface area contributed by atoms with Crippen LogP contribution in [0.4, 0.5) is 0 Å². The summed E-state index contributed by atoms with van der Waals surface area (Å²) in [7, 11) is 0. The summed E-state index contributed by atoms with van der Waals surface area (Å²) in [6, 6.07) is 15.8. The largest absolute Gasteiger partial charge is 0.458 e. The van der Waals surface area contributed by atoms with Gasteiger partial charge < -0.3 is 9.47 Å². The minimum absolute atomic E-state index is 0.00806. The van der Waals surface area contributed by atoms with E-state index in [1.165, 1.54) is 0 Å². The van der Waals surface area contributed by atoms with Gasteiger partial charge in [0.05, 0.1) is 28.9 Å². The van der Waals surface area contributed by atoms with E-state index in [0.29, 0.717) is 11.5 Å². The Morgan fingerprint density at radius 3 is 2.64 bits per heavy atom. The van der Waals surface area contributed by atoms with Gasteiger partial charge in [-0.05, 0) is 70.7 Å². The third kappa shape index (κ3) is 5.74. The van der Waals surface area contributed by atoms with Gasteiger partial charge in [0.1, 0.15) is 12.2 Å². The highest BCUT2D eigenvalue weighted by atomic mass is 16.6. The van der Waals surface area contributed by atoms with Crippen LogP contribution in [0.25, 0.3) is 22.2 Å². The van der Waals surface area contributed by atoms with Gasteiger partial charge in [0.2, 0.25) is 0 Å². The first-order chi connectivity index (χ1) is 15.8. The molecule has 0 amide bonds. The van der Waals surface area contributed by atoms with Crippen molar-refractivity contribution in [1.29, 1.82) is 5.26 Å². The van der Waals surface area contributed by atoms with E-state index in [4.69, 9.17) is 14.5 Å². The van der Waals surface area contributed by atoms with E-state index in [1.807, 2.05) is 45.0 Å². The molecule has 6 heteroatoms. The summed E-state index contributed by atoms with van der Waals surface area (Å²) in [6.07, 6.45) is 5.46. The van der Waals surface area contributed by atoms with Gasteiger partial charge in [-0.15, -0.1) is 0 Å². The first-order valence-corrected chi connectivity index (χ1v) is 11.4. The number of carbonyl (C=O) groups is 1. The Hall–Kier alpha value is -3.30. The highest BCUT2D eigenvalue weighted by Crippen LogP contribution is 2.36. The number of hydrogen-bond acceptors (Lipinski definition) is 6. The zero-order valence-electron chi connectivity index (χ0n) is 19.4. The van der Waals surface area contributed by atoms with Crippen LogP contribution < -0.4 is 0 Å². The Balaban J connectivity index is 1.49. The van der Waals surface area contributed by atoms with E-state index < -0.39 is 5.60 Å². The topological polar surface area (TPSA) is 85.1 Å². The molecule has 0 spiro atoms. The number of ether oxygens (including phenoxy) is 2. The van der Waals surface area contributed by atoms with E-state index in [9.17, 15) is 10.1 Å². The molecule has 0 saturated heterocycles.